The second-order valence-electron chi connectivity index (χ2n) is 6.00. The first-order valence-corrected chi connectivity index (χ1v) is 7.11. The molecule has 1 aromatic heterocycles. The fourth-order valence-corrected chi connectivity index (χ4v) is 3.08. The van der Waals surface area contributed by atoms with E-state index in [0.717, 1.165) is 39.0 Å². The van der Waals surface area contributed by atoms with Crippen LogP contribution in [0.25, 0.3) is 0 Å². The third kappa shape index (κ3) is 2.62. The lowest BCUT2D eigenvalue weighted by molar-refractivity contribution is -0.0157. The maximum atomic E-state index is 12.8. The van der Waals surface area contributed by atoms with Crippen LogP contribution in [-0.2, 0) is 4.74 Å². The molecule has 0 aromatic carbocycles. The molecule has 1 atom stereocenters. The van der Waals surface area contributed by atoms with Crippen molar-refractivity contribution >= 4 is 5.95 Å². The van der Waals surface area contributed by atoms with Gasteiger partial charge in [0.1, 0.15) is 0 Å². The largest absolute Gasteiger partial charge is 0.373 e. The van der Waals surface area contributed by atoms with Crippen molar-refractivity contribution in [1.82, 2.24) is 14.9 Å². The smallest absolute Gasteiger partial charge is 0.225 e. The number of ether oxygens (including phenoxy) is 1. The van der Waals surface area contributed by atoms with E-state index in [2.05, 4.69) is 33.9 Å². The molecular weight excluding hydrogens is 259 g/mol. The van der Waals surface area contributed by atoms with Gasteiger partial charge in [0.15, 0.2) is 5.82 Å². The van der Waals surface area contributed by atoms with Crippen LogP contribution in [0.1, 0.15) is 19.3 Å². The molecule has 0 radical (unpaired) electrons. The van der Waals surface area contributed by atoms with Gasteiger partial charge in [0.25, 0.3) is 0 Å². The van der Waals surface area contributed by atoms with Crippen molar-refractivity contribution in [2.75, 3.05) is 38.7 Å². The molecule has 2 saturated heterocycles. The summed E-state index contributed by atoms with van der Waals surface area (Å²) >= 11 is 0. The van der Waals surface area contributed by atoms with Crippen LogP contribution in [0, 0.1) is 5.82 Å². The molecule has 0 aliphatic carbocycles. The minimum atomic E-state index is -0.393. The second kappa shape index (κ2) is 5.26. The highest BCUT2D eigenvalue weighted by Gasteiger charge is 2.43. The van der Waals surface area contributed by atoms with Crippen LogP contribution >= 0.6 is 0 Å². The van der Waals surface area contributed by atoms with Crippen molar-refractivity contribution in [2.24, 2.45) is 0 Å². The summed E-state index contributed by atoms with van der Waals surface area (Å²) in [5.74, 6) is 0.221. The van der Waals surface area contributed by atoms with Crippen molar-refractivity contribution in [3.05, 3.63) is 18.2 Å². The van der Waals surface area contributed by atoms with Gasteiger partial charge >= 0.3 is 0 Å². The molecule has 0 unspecified atom stereocenters. The van der Waals surface area contributed by atoms with E-state index in [1.54, 1.807) is 0 Å². The van der Waals surface area contributed by atoms with Crippen molar-refractivity contribution in [3.63, 3.8) is 0 Å². The monoisotopic (exact) mass is 280 g/mol. The fraction of sp³-hybridized carbons (Fsp3) is 0.714. The third-order valence-corrected chi connectivity index (χ3v) is 4.48. The molecule has 2 fully saturated rings. The molecule has 1 aromatic rings. The first-order chi connectivity index (χ1) is 9.58. The number of anilines is 1. The number of nitrogens with zero attached hydrogens (tertiary/aromatic N) is 4. The Morgan fingerprint density at radius 2 is 1.95 bits per heavy atom. The number of halogens is 1. The van der Waals surface area contributed by atoms with E-state index in [1.807, 2.05) is 0 Å². The number of aromatic nitrogens is 2. The Morgan fingerprint density at radius 3 is 2.50 bits per heavy atom. The van der Waals surface area contributed by atoms with Crippen molar-refractivity contribution in [1.29, 1.82) is 0 Å². The highest BCUT2D eigenvalue weighted by Crippen LogP contribution is 2.37. The van der Waals surface area contributed by atoms with Gasteiger partial charge in [0.05, 0.1) is 24.6 Å². The topological polar surface area (TPSA) is 41.5 Å². The molecule has 3 heterocycles. The lowest BCUT2D eigenvalue weighted by Crippen LogP contribution is -2.45. The molecule has 0 saturated carbocycles. The molecule has 0 N–H and O–H groups in total. The molecule has 110 valence electrons. The Kier molecular flexibility index (Phi) is 3.60. The second-order valence-corrected chi connectivity index (χ2v) is 6.00. The van der Waals surface area contributed by atoms with Gasteiger partial charge in [-0.05, 0) is 33.4 Å². The Balaban J connectivity index is 1.61. The summed E-state index contributed by atoms with van der Waals surface area (Å²) in [6.45, 7) is 2.55. The van der Waals surface area contributed by atoms with Crippen molar-refractivity contribution in [2.45, 2.75) is 30.9 Å². The standard InChI is InChI=1S/C14H21FN4O/c1-18(2)12-7-14(20-10-12)3-5-19(6-4-14)13-16-8-11(15)9-17-13/h8-9,12H,3-7,10H2,1-2H3/t12-/m0/s1. The van der Waals surface area contributed by atoms with Gasteiger partial charge in [-0.2, -0.15) is 0 Å². The molecule has 0 bridgehead atoms. The highest BCUT2D eigenvalue weighted by atomic mass is 19.1. The van der Waals surface area contributed by atoms with Gasteiger partial charge in [0.2, 0.25) is 5.95 Å². The Labute approximate surface area is 118 Å². The van der Waals surface area contributed by atoms with Crippen LogP contribution in [0.15, 0.2) is 12.4 Å². The molecule has 3 rings (SSSR count). The zero-order valence-electron chi connectivity index (χ0n) is 12.0. The predicted octanol–water partition coefficient (Wildman–Crippen LogP) is 1.31. The van der Waals surface area contributed by atoms with Gasteiger partial charge in [-0.25, -0.2) is 14.4 Å². The van der Waals surface area contributed by atoms with Crippen molar-refractivity contribution in [3.8, 4) is 0 Å². The number of rotatable bonds is 2. The zero-order valence-corrected chi connectivity index (χ0v) is 12.0. The summed E-state index contributed by atoms with van der Waals surface area (Å²) < 4.78 is 18.9. The summed E-state index contributed by atoms with van der Waals surface area (Å²) in [6.07, 6.45) is 5.51. The van der Waals surface area contributed by atoms with Crippen LogP contribution < -0.4 is 4.90 Å². The van der Waals surface area contributed by atoms with Gasteiger partial charge in [0, 0.05) is 19.1 Å². The van der Waals surface area contributed by atoms with Gasteiger partial charge in [-0.15, -0.1) is 0 Å². The fourth-order valence-electron chi connectivity index (χ4n) is 3.08. The van der Waals surface area contributed by atoms with Crippen LogP contribution in [0.2, 0.25) is 0 Å². The summed E-state index contributed by atoms with van der Waals surface area (Å²) in [7, 11) is 4.21. The summed E-state index contributed by atoms with van der Waals surface area (Å²) in [5, 5.41) is 0. The Hall–Kier alpha value is -1.27. The number of hydrogen-bond donors (Lipinski definition) is 0. The Morgan fingerprint density at radius 1 is 1.30 bits per heavy atom. The van der Waals surface area contributed by atoms with Gasteiger partial charge in [-0.3, -0.25) is 0 Å². The SMILES string of the molecule is CN(C)[C@@H]1COC2(CCN(c3ncc(F)cn3)CC2)C1. The maximum Gasteiger partial charge on any atom is 0.225 e. The number of piperidine rings is 1. The van der Waals surface area contributed by atoms with Crippen LogP contribution in [-0.4, -0.2) is 60.3 Å². The normalized spacial score (nSPS) is 25.6. The maximum absolute atomic E-state index is 12.8. The Bertz CT molecular complexity index is 457. The molecular formula is C14H21FN4O. The number of hydrogen-bond acceptors (Lipinski definition) is 5. The molecule has 20 heavy (non-hydrogen) atoms. The van der Waals surface area contributed by atoms with Crippen molar-refractivity contribution < 1.29 is 9.13 Å². The molecule has 2 aliphatic heterocycles. The van der Waals surface area contributed by atoms with Crippen LogP contribution in [0.5, 0.6) is 0 Å². The van der Waals surface area contributed by atoms with E-state index in [0.29, 0.717) is 12.0 Å². The van der Waals surface area contributed by atoms with E-state index >= 15 is 0 Å². The van der Waals surface area contributed by atoms with E-state index in [-0.39, 0.29) is 5.60 Å². The molecule has 0 amide bonds. The predicted molar refractivity (Wildman–Crippen MR) is 74.2 cm³/mol. The average Bonchev–Trinajstić information content (AvgIpc) is 2.85. The average molecular weight is 280 g/mol. The number of likely N-dealkylation sites (N-methyl/N-ethyl adjacent to an activating group) is 1. The minimum absolute atomic E-state index is 0.0193. The van der Waals surface area contributed by atoms with E-state index in [4.69, 9.17) is 4.74 Å². The summed E-state index contributed by atoms with van der Waals surface area (Å²) in [6, 6.07) is 0.517. The van der Waals surface area contributed by atoms with Crippen LogP contribution in [0.4, 0.5) is 10.3 Å². The lowest BCUT2D eigenvalue weighted by atomic mass is 9.87. The van der Waals surface area contributed by atoms with E-state index < -0.39 is 5.82 Å². The summed E-state index contributed by atoms with van der Waals surface area (Å²) in [4.78, 5) is 12.5. The van der Waals surface area contributed by atoms with Gasteiger partial charge < -0.3 is 14.5 Å². The quantitative estimate of drug-likeness (QED) is 0.817. The lowest BCUT2D eigenvalue weighted by Gasteiger charge is -2.38. The first kappa shape index (κ1) is 13.7. The molecule has 1 spiro atoms. The van der Waals surface area contributed by atoms with Gasteiger partial charge in [-0.1, -0.05) is 0 Å². The first-order valence-electron chi connectivity index (χ1n) is 7.11. The minimum Gasteiger partial charge on any atom is -0.373 e. The molecule has 5 nitrogen and oxygen atoms in total. The van der Waals surface area contributed by atoms with E-state index in [1.165, 1.54) is 12.4 Å². The molecule has 2 aliphatic rings. The third-order valence-electron chi connectivity index (χ3n) is 4.48. The zero-order chi connectivity index (χ0) is 14.2. The molecule has 6 heteroatoms. The summed E-state index contributed by atoms with van der Waals surface area (Å²) in [5.41, 5.74) is 0.0193. The highest BCUT2D eigenvalue weighted by molar-refractivity contribution is 5.30. The van der Waals surface area contributed by atoms with Crippen LogP contribution in [0.3, 0.4) is 0 Å². The van der Waals surface area contributed by atoms with E-state index in [9.17, 15) is 4.39 Å².